The van der Waals surface area contributed by atoms with Gasteiger partial charge in [0.05, 0.1) is 18.8 Å². The molecule has 0 amide bonds. The van der Waals surface area contributed by atoms with Gasteiger partial charge in [-0.2, -0.15) is 0 Å². The van der Waals surface area contributed by atoms with Gasteiger partial charge in [-0.05, 0) is 19.9 Å². The zero-order valence-corrected chi connectivity index (χ0v) is 8.60. The average molecular weight is 195 g/mol. The van der Waals surface area contributed by atoms with Crippen LogP contribution in [0.2, 0.25) is 0 Å². The van der Waals surface area contributed by atoms with Crippen molar-refractivity contribution in [2.24, 2.45) is 5.73 Å². The van der Waals surface area contributed by atoms with Crippen LogP contribution in [-0.4, -0.2) is 17.8 Å². The van der Waals surface area contributed by atoms with Crippen LogP contribution in [0.5, 0.6) is 5.75 Å². The topological polar surface area (TPSA) is 55.5 Å². The second kappa shape index (κ2) is 4.98. The Morgan fingerprint density at radius 2 is 2.00 bits per heavy atom. The van der Waals surface area contributed by atoms with Gasteiger partial charge in [-0.1, -0.05) is 18.2 Å². The number of hydrogen-bond acceptors (Lipinski definition) is 3. The van der Waals surface area contributed by atoms with Crippen molar-refractivity contribution in [1.82, 2.24) is 0 Å². The van der Waals surface area contributed by atoms with Crippen LogP contribution in [0.25, 0.3) is 0 Å². The highest BCUT2D eigenvalue weighted by molar-refractivity contribution is 5.35. The van der Waals surface area contributed by atoms with Crippen LogP contribution in [0.3, 0.4) is 0 Å². The van der Waals surface area contributed by atoms with Crippen LogP contribution in [0, 0.1) is 0 Å². The van der Waals surface area contributed by atoms with Gasteiger partial charge in [0, 0.05) is 5.56 Å². The molecule has 0 spiro atoms. The van der Waals surface area contributed by atoms with Crippen LogP contribution in [0.15, 0.2) is 24.3 Å². The van der Waals surface area contributed by atoms with Gasteiger partial charge in [-0.3, -0.25) is 0 Å². The molecular formula is C11H17NO2. The molecule has 0 aliphatic heterocycles. The van der Waals surface area contributed by atoms with Crippen molar-refractivity contribution in [2.75, 3.05) is 6.61 Å². The Hall–Kier alpha value is -1.06. The maximum absolute atomic E-state index is 8.97. The lowest BCUT2D eigenvalue weighted by Crippen LogP contribution is -2.17. The SMILES string of the molecule is CC(C)Oc1ccccc1[C@@H](N)CO. The molecule has 1 atom stereocenters. The molecule has 0 radical (unpaired) electrons. The number of aliphatic hydroxyl groups excluding tert-OH is 1. The number of ether oxygens (including phenoxy) is 1. The first-order chi connectivity index (χ1) is 6.65. The van der Waals surface area contributed by atoms with Gasteiger partial charge in [0.2, 0.25) is 0 Å². The summed E-state index contributed by atoms with van der Waals surface area (Å²) in [7, 11) is 0. The van der Waals surface area contributed by atoms with Crippen LogP contribution < -0.4 is 10.5 Å². The number of nitrogens with two attached hydrogens (primary N) is 1. The van der Waals surface area contributed by atoms with E-state index in [0.29, 0.717) is 0 Å². The second-order valence-corrected chi connectivity index (χ2v) is 3.49. The first-order valence-electron chi connectivity index (χ1n) is 4.77. The zero-order valence-electron chi connectivity index (χ0n) is 8.60. The number of rotatable bonds is 4. The van der Waals surface area contributed by atoms with E-state index in [-0.39, 0.29) is 18.8 Å². The lowest BCUT2D eigenvalue weighted by molar-refractivity contribution is 0.229. The van der Waals surface area contributed by atoms with E-state index >= 15 is 0 Å². The van der Waals surface area contributed by atoms with E-state index in [9.17, 15) is 0 Å². The van der Waals surface area contributed by atoms with Gasteiger partial charge >= 0.3 is 0 Å². The highest BCUT2D eigenvalue weighted by atomic mass is 16.5. The third-order valence-corrected chi connectivity index (χ3v) is 1.88. The quantitative estimate of drug-likeness (QED) is 0.764. The highest BCUT2D eigenvalue weighted by Gasteiger charge is 2.11. The normalized spacial score (nSPS) is 12.9. The number of para-hydroxylation sites is 1. The predicted molar refractivity (Wildman–Crippen MR) is 56.2 cm³/mol. The zero-order chi connectivity index (χ0) is 10.6. The molecule has 1 aromatic rings. The summed E-state index contributed by atoms with van der Waals surface area (Å²) in [5.74, 6) is 0.754. The highest BCUT2D eigenvalue weighted by Crippen LogP contribution is 2.24. The lowest BCUT2D eigenvalue weighted by Gasteiger charge is -2.17. The summed E-state index contributed by atoms with van der Waals surface area (Å²) in [5, 5.41) is 8.97. The third-order valence-electron chi connectivity index (χ3n) is 1.88. The maximum atomic E-state index is 8.97. The standard InChI is InChI=1S/C11H17NO2/c1-8(2)14-11-6-4-3-5-9(11)10(12)7-13/h3-6,8,10,13H,7,12H2,1-2H3/t10-/m0/s1. The summed E-state index contributed by atoms with van der Waals surface area (Å²) in [6, 6.07) is 7.15. The summed E-state index contributed by atoms with van der Waals surface area (Å²) in [6.45, 7) is 3.85. The molecule has 14 heavy (non-hydrogen) atoms. The second-order valence-electron chi connectivity index (χ2n) is 3.49. The molecule has 0 aliphatic rings. The third kappa shape index (κ3) is 2.72. The van der Waals surface area contributed by atoms with Crippen LogP contribution >= 0.6 is 0 Å². The van der Waals surface area contributed by atoms with E-state index in [0.717, 1.165) is 11.3 Å². The lowest BCUT2D eigenvalue weighted by atomic mass is 10.1. The van der Waals surface area contributed by atoms with Crippen molar-refractivity contribution in [2.45, 2.75) is 26.0 Å². The fourth-order valence-electron chi connectivity index (χ4n) is 1.25. The molecule has 0 heterocycles. The Morgan fingerprint density at radius 3 is 2.57 bits per heavy atom. The van der Waals surface area contributed by atoms with Crippen molar-refractivity contribution in [3.8, 4) is 5.75 Å². The Labute approximate surface area is 84.5 Å². The molecule has 0 saturated heterocycles. The minimum Gasteiger partial charge on any atom is -0.491 e. The summed E-state index contributed by atoms with van der Waals surface area (Å²) in [4.78, 5) is 0. The molecule has 0 fully saturated rings. The van der Waals surface area contributed by atoms with E-state index < -0.39 is 0 Å². The van der Waals surface area contributed by atoms with Gasteiger partial charge in [0.25, 0.3) is 0 Å². The minimum atomic E-state index is -0.370. The Bertz CT molecular complexity index is 286. The molecule has 1 aromatic carbocycles. The summed E-state index contributed by atoms with van der Waals surface area (Å²) in [5.41, 5.74) is 6.59. The Balaban J connectivity index is 2.91. The number of hydrogen-bond donors (Lipinski definition) is 2. The Morgan fingerprint density at radius 1 is 1.36 bits per heavy atom. The summed E-state index contributed by atoms with van der Waals surface area (Å²) in [6.07, 6.45) is 0.113. The molecule has 1 rings (SSSR count). The van der Waals surface area contributed by atoms with Crippen molar-refractivity contribution in [3.63, 3.8) is 0 Å². The molecule has 0 aliphatic carbocycles. The van der Waals surface area contributed by atoms with Crippen LogP contribution in [-0.2, 0) is 0 Å². The fourth-order valence-corrected chi connectivity index (χ4v) is 1.25. The minimum absolute atomic E-state index is 0.0710. The summed E-state index contributed by atoms with van der Waals surface area (Å²) < 4.78 is 5.58. The number of aliphatic hydroxyl groups is 1. The van der Waals surface area contributed by atoms with Crippen molar-refractivity contribution < 1.29 is 9.84 Å². The molecule has 3 nitrogen and oxygen atoms in total. The van der Waals surface area contributed by atoms with Gasteiger partial charge in [0.15, 0.2) is 0 Å². The molecule has 0 saturated carbocycles. The van der Waals surface area contributed by atoms with Crippen molar-refractivity contribution in [1.29, 1.82) is 0 Å². The van der Waals surface area contributed by atoms with E-state index in [4.69, 9.17) is 15.6 Å². The van der Waals surface area contributed by atoms with Crippen molar-refractivity contribution >= 4 is 0 Å². The summed E-state index contributed by atoms with van der Waals surface area (Å²) >= 11 is 0. The smallest absolute Gasteiger partial charge is 0.124 e. The van der Waals surface area contributed by atoms with E-state index in [1.807, 2.05) is 38.1 Å². The van der Waals surface area contributed by atoms with Gasteiger partial charge < -0.3 is 15.6 Å². The van der Waals surface area contributed by atoms with Gasteiger partial charge in [0.1, 0.15) is 5.75 Å². The molecule has 78 valence electrons. The first-order valence-corrected chi connectivity index (χ1v) is 4.77. The molecular weight excluding hydrogens is 178 g/mol. The molecule has 0 aromatic heterocycles. The average Bonchev–Trinajstić information content (AvgIpc) is 2.16. The van der Waals surface area contributed by atoms with E-state index in [2.05, 4.69) is 0 Å². The fraction of sp³-hybridized carbons (Fsp3) is 0.455. The van der Waals surface area contributed by atoms with Crippen molar-refractivity contribution in [3.05, 3.63) is 29.8 Å². The van der Waals surface area contributed by atoms with Gasteiger partial charge in [-0.25, -0.2) is 0 Å². The van der Waals surface area contributed by atoms with Crippen LogP contribution in [0.4, 0.5) is 0 Å². The maximum Gasteiger partial charge on any atom is 0.124 e. The van der Waals surface area contributed by atoms with Crippen LogP contribution in [0.1, 0.15) is 25.5 Å². The number of benzene rings is 1. The molecule has 3 N–H and O–H groups in total. The van der Waals surface area contributed by atoms with E-state index in [1.54, 1.807) is 0 Å². The first kappa shape index (κ1) is 11.0. The largest absolute Gasteiger partial charge is 0.491 e. The Kier molecular flexibility index (Phi) is 3.92. The molecule has 0 unspecified atom stereocenters. The molecule has 0 bridgehead atoms. The van der Waals surface area contributed by atoms with E-state index in [1.165, 1.54) is 0 Å². The van der Waals surface area contributed by atoms with Gasteiger partial charge in [-0.15, -0.1) is 0 Å². The molecule has 3 heteroatoms. The predicted octanol–water partition coefficient (Wildman–Crippen LogP) is 1.47. The monoisotopic (exact) mass is 195 g/mol.